The molecule has 3 aromatic carbocycles. The monoisotopic (exact) mass is 526 g/mol. The van der Waals surface area contributed by atoms with Gasteiger partial charge in [0.05, 0.1) is 0 Å². The van der Waals surface area contributed by atoms with Crippen molar-refractivity contribution in [3.63, 3.8) is 0 Å². The Bertz CT molecular complexity index is 1500. The van der Waals surface area contributed by atoms with Crippen molar-refractivity contribution in [3.8, 4) is 5.75 Å². The van der Waals surface area contributed by atoms with Crippen molar-refractivity contribution < 1.29 is 19.4 Å². The number of carboxylic acids is 1. The number of benzene rings is 3. The number of carbonyl (C=O) groups excluding carboxylic acids is 1. The van der Waals surface area contributed by atoms with Crippen LogP contribution in [0, 0.1) is 19.8 Å². The highest BCUT2D eigenvalue weighted by molar-refractivity contribution is 5.99. The molecule has 0 fully saturated rings. The van der Waals surface area contributed by atoms with Crippen LogP contribution in [0.5, 0.6) is 5.75 Å². The van der Waals surface area contributed by atoms with Crippen LogP contribution in [0.1, 0.15) is 71.9 Å². The summed E-state index contributed by atoms with van der Waals surface area (Å²) in [6.45, 7) is 13.2. The molecule has 1 aromatic heterocycles. The molecular weight excluding hydrogens is 488 g/mol. The first-order valence-electron chi connectivity index (χ1n) is 13.5. The molecule has 6 nitrogen and oxygen atoms in total. The summed E-state index contributed by atoms with van der Waals surface area (Å²) in [5.74, 6) is -0.241. The number of aliphatic carboxylic acids is 1. The molecule has 1 amide bonds. The van der Waals surface area contributed by atoms with Crippen molar-refractivity contribution >= 4 is 22.8 Å². The van der Waals surface area contributed by atoms with Gasteiger partial charge in [-0.2, -0.15) is 0 Å². The Morgan fingerprint density at radius 3 is 2.33 bits per heavy atom. The van der Waals surface area contributed by atoms with Crippen molar-refractivity contribution in [1.82, 2.24) is 9.88 Å². The van der Waals surface area contributed by atoms with Gasteiger partial charge in [0.1, 0.15) is 5.75 Å². The molecule has 204 valence electrons. The van der Waals surface area contributed by atoms with Gasteiger partial charge in [-0.05, 0) is 72.4 Å². The van der Waals surface area contributed by atoms with Crippen LogP contribution in [0.2, 0.25) is 0 Å². The highest BCUT2D eigenvalue weighted by Gasteiger charge is 2.23. The van der Waals surface area contributed by atoms with Gasteiger partial charge in [0.15, 0.2) is 6.10 Å². The molecule has 1 heterocycles. The number of amides is 1. The Hall–Kier alpha value is -4.06. The Morgan fingerprint density at radius 1 is 0.923 bits per heavy atom. The lowest BCUT2D eigenvalue weighted by Crippen LogP contribution is -2.32. The minimum atomic E-state index is -0.970. The van der Waals surface area contributed by atoms with Gasteiger partial charge in [0.25, 0.3) is 5.91 Å². The summed E-state index contributed by atoms with van der Waals surface area (Å²) in [6.07, 6.45) is -0.902. The Morgan fingerprint density at radius 2 is 1.64 bits per heavy atom. The van der Waals surface area contributed by atoms with Gasteiger partial charge < -0.3 is 19.7 Å². The van der Waals surface area contributed by atoms with Gasteiger partial charge in [-0.1, -0.05) is 64.1 Å². The quantitative estimate of drug-likeness (QED) is 0.237. The molecule has 0 saturated heterocycles. The minimum absolute atomic E-state index is 0.0976. The maximum absolute atomic E-state index is 13.0. The third-order valence-electron chi connectivity index (χ3n) is 7.32. The number of hydrogen-bond donors (Lipinski definition) is 2. The van der Waals surface area contributed by atoms with E-state index in [2.05, 4.69) is 49.7 Å². The zero-order valence-electron chi connectivity index (χ0n) is 23.6. The zero-order valence-corrected chi connectivity index (χ0v) is 23.6. The van der Waals surface area contributed by atoms with Crippen LogP contribution >= 0.6 is 0 Å². The van der Waals surface area contributed by atoms with Crippen LogP contribution in [0.25, 0.3) is 10.9 Å². The van der Waals surface area contributed by atoms with E-state index in [9.17, 15) is 14.7 Å². The predicted molar refractivity (Wildman–Crippen MR) is 156 cm³/mol. The van der Waals surface area contributed by atoms with Crippen molar-refractivity contribution in [3.05, 3.63) is 100 Å². The van der Waals surface area contributed by atoms with Gasteiger partial charge in [-0.25, -0.2) is 4.79 Å². The lowest BCUT2D eigenvalue weighted by atomic mass is 10.0. The summed E-state index contributed by atoms with van der Waals surface area (Å²) < 4.78 is 8.02. The average molecular weight is 527 g/mol. The molecule has 2 N–H and O–H groups in total. The summed E-state index contributed by atoms with van der Waals surface area (Å²) in [6, 6.07) is 21.8. The molecule has 1 atom stereocenters. The van der Waals surface area contributed by atoms with Crippen LogP contribution < -0.4 is 10.1 Å². The lowest BCUT2D eigenvalue weighted by molar-refractivity contribution is -0.147. The number of carbonyl (C=O) groups is 2. The third kappa shape index (κ3) is 6.33. The number of nitrogens with zero attached hydrogens (tertiary/aromatic N) is 1. The van der Waals surface area contributed by atoms with Gasteiger partial charge in [0.2, 0.25) is 0 Å². The summed E-state index contributed by atoms with van der Waals surface area (Å²) in [4.78, 5) is 24.6. The minimum Gasteiger partial charge on any atom is -0.478 e. The second-order valence-corrected chi connectivity index (χ2v) is 10.9. The smallest absolute Gasteiger partial charge is 0.345 e. The molecule has 0 spiro atoms. The molecule has 0 radical (unpaired) electrons. The first kappa shape index (κ1) is 28.0. The maximum atomic E-state index is 13.0. The third-order valence-corrected chi connectivity index (χ3v) is 7.32. The molecule has 4 aromatic rings. The van der Waals surface area contributed by atoms with E-state index in [-0.39, 0.29) is 11.8 Å². The SMILES string of the molecule is Cc1c(C)n(Cc2cccc(OC(C(=O)O)C(C)C)c2)c2ccc(C(=O)NCc3cccc(C(C)C)c3)cc12. The van der Waals surface area contributed by atoms with E-state index in [0.717, 1.165) is 33.3 Å². The fourth-order valence-electron chi connectivity index (χ4n) is 4.86. The van der Waals surface area contributed by atoms with E-state index < -0.39 is 12.1 Å². The molecule has 0 aliphatic carbocycles. The van der Waals surface area contributed by atoms with E-state index in [1.165, 1.54) is 5.56 Å². The molecular formula is C33H38N2O4. The molecule has 6 heteroatoms. The molecule has 0 aliphatic rings. The Kier molecular flexibility index (Phi) is 8.44. The largest absolute Gasteiger partial charge is 0.478 e. The molecule has 0 saturated carbocycles. The summed E-state index contributed by atoms with van der Waals surface area (Å²) in [5, 5.41) is 13.6. The van der Waals surface area contributed by atoms with Crippen molar-refractivity contribution in [2.24, 2.45) is 5.92 Å². The number of rotatable bonds is 10. The first-order valence-corrected chi connectivity index (χ1v) is 13.5. The number of aryl methyl sites for hydroxylation is 1. The van der Waals surface area contributed by atoms with Crippen LogP contribution in [-0.4, -0.2) is 27.7 Å². The van der Waals surface area contributed by atoms with Crippen molar-refractivity contribution in [2.75, 3.05) is 0 Å². The first-order chi connectivity index (χ1) is 18.5. The fourth-order valence-corrected chi connectivity index (χ4v) is 4.86. The second kappa shape index (κ2) is 11.8. The zero-order chi connectivity index (χ0) is 28.3. The highest BCUT2D eigenvalue weighted by Crippen LogP contribution is 2.28. The number of fused-ring (bicyclic) bond motifs is 1. The Labute approximate surface area is 230 Å². The number of aromatic nitrogens is 1. The summed E-state index contributed by atoms with van der Waals surface area (Å²) >= 11 is 0. The van der Waals surface area contributed by atoms with Gasteiger partial charge >= 0.3 is 5.97 Å². The Balaban J connectivity index is 1.53. The maximum Gasteiger partial charge on any atom is 0.345 e. The summed E-state index contributed by atoms with van der Waals surface area (Å²) in [7, 11) is 0. The van der Waals surface area contributed by atoms with Gasteiger partial charge in [-0.15, -0.1) is 0 Å². The number of nitrogens with one attached hydrogen (secondary N) is 1. The van der Waals surface area contributed by atoms with E-state index in [1.54, 1.807) is 6.07 Å². The molecule has 0 bridgehead atoms. The standard InChI is InChI=1S/C33H38N2O4/c1-20(2)26-11-7-9-24(15-26)18-34-32(36)27-13-14-30-29(17-27)22(5)23(6)35(30)19-25-10-8-12-28(16-25)39-31(21(3)4)33(37)38/h7-17,20-21,31H,18-19H2,1-6H3,(H,34,36)(H,37,38). The molecule has 39 heavy (non-hydrogen) atoms. The molecule has 0 aliphatic heterocycles. The van der Waals surface area contributed by atoms with Gasteiger partial charge in [0, 0.05) is 41.2 Å². The predicted octanol–water partition coefficient (Wildman–Crippen LogP) is 6.85. The molecule has 1 unspecified atom stereocenters. The van der Waals surface area contributed by atoms with Crippen molar-refractivity contribution in [2.45, 2.75) is 66.7 Å². The average Bonchev–Trinajstić information content (AvgIpc) is 3.14. The number of hydrogen-bond acceptors (Lipinski definition) is 3. The van der Waals surface area contributed by atoms with E-state index in [4.69, 9.17) is 4.74 Å². The number of ether oxygens (including phenoxy) is 1. The van der Waals surface area contributed by atoms with E-state index >= 15 is 0 Å². The van der Waals surface area contributed by atoms with Crippen LogP contribution in [0.3, 0.4) is 0 Å². The normalized spacial score (nSPS) is 12.2. The number of carboxylic acid groups (broad SMARTS) is 1. The van der Waals surface area contributed by atoms with E-state index in [1.807, 2.05) is 62.4 Å². The van der Waals surface area contributed by atoms with E-state index in [0.29, 0.717) is 30.3 Å². The van der Waals surface area contributed by atoms with Gasteiger partial charge in [-0.3, -0.25) is 4.79 Å². The fraction of sp³-hybridized carbons (Fsp3) is 0.333. The summed E-state index contributed by atoms with van der Waals surface area (Å²) in [5.41, 5.74) is 7.27. The van der Waals surface area contributed by atoms with Crippen LogP contribution in [0.15, 0.2) is 66.7 Å². The second-order valence-electron chi connectivity index (χ2n) is 10.9. The lowest BCUT2D eigenvalue weighted by Gasteiger charge is -2.19. The van der Waals surface area contributed by atoms with Crippen LogP contribution in [0.4, 0.5) is 0 Å². The highest BCUT2D eigenvalue weighted by atomic mass is 16.5. The topological polar surface area (TPSA) is 80.6 Å². The van der Waals surface area contributed by atoms with Crippen LogP contribution in [-0.2, 0) is 17.9 Å². The van der Waals surface area contributed by atoms with Crippen molar-refractivity contribution in [1.29, 1.82) is 0 Å². The molecule has 4 rings (SSSR count).